The predicted octanol–water partition coefficient (Wildman–Crippen LogP) is 11.7. The molecule has 3 fully saturated rings. The van der Waals surface area contributed by atoms with Gasteiger partial charge in [-0.05, 0) is 172 Å². The normalized spacial score (nSPS) is 25.9. The SMILES string of the molecule is C=CC(=O)OCCCCCCOC1=CC=C(OC(=O)C2CCC(C(=O)OC3=CC=C(OC(=O)C4CCC(C(=O)Oc5ccc(OCCCCCCOC(=O)C=C)cc5)CC4)C4N=C(C5CC6C(C)=CC(C)=CC6O5)SC34)CC2)CC1. The number of hydrogen-bond donors (Lipinski definition) is 0. The molecule has 1 aromatic rings. The number of hydrogen-bond acceptors (Lipinski definition) is 17. The number of aliphatic imine (C=N–C) groups is 1. The average Bonchev–Trinajstić information content (AvgIpc) is 4.27. The zero-order chi connectivity index (χ0) is 56.4. The van der Waals surface area contributed by atoms with Crippen molar-refractivity contribution < 1.29 is 71.4 Å². The van der Waals surface area contributed by atoms with Gasteiger partial charge in [-0.3, -0.25) is 24.2 Å². The molecule has 16 nitrogen and oxygen atoms in total. The van der Waals surface area contributed by atoms with Crippen LogP contribution in [-0.2, 0) is 61.9 Å². The third-order valence-corrected chi connectivity index (χ3v) is 17.1. The second-order valence-corrected chi connectivity index (χ2v) is 22.8. The highest BCUT2D eigenvalue weighted by atomic mass is 32.2. The Labute approximate surface area is 474 Å². The molecule has 1 aromatic carbocycles. The lowest BCUT2D eigenvalue weighted by atomic mass is 9.82. The Morgan fingerprint density at radius 3 is 1.64 bits per heavy atom. The summed E-state index contributed by atoms with van der Waals surface area (Å²) >= 11 is 1.49. The minimum atomic E-state index is -0.627. The molecule has 0 N–H and O–H groups in total. The van der Waals surface area contributed by atoms with Crippen molar-refractivity contribution in [2.24, 2.45) is 34.6 Å². The molecule has 0 bridgehead atoms. The highest BCUT2D eigenvalue weighted by molar-refractivity contribution is 8.15. The van der Waals surface area contributed by atoms with Gasteiger partial charge in [-0.15, -0.1) is 0 Å². The molecule has 17 heteroatoms. The summed E-state index contributed by atoms with van der Waals surface area (Å²) in [5.74, 6) is -0.110. The van der Waals surface area contributed by atoms with E-state index in [1.807, 2.05) is 6.08 Å². The number of unbranched alkanes of at least 4 members (excludes halogenated alkanes) is 6. The maximum absolute atomic E-state index is 13.9. The summed E-state index contributed by atoms with van der Waals surface area (Å²) in [6, 6.07) is 6.34. The molecule has 2 heterocycles. The summed E-state index contributed by atoms with van der Waals surface area (Å²) in [6.07, 6.45) is 26.2. The minimum Gasteiger partial charge on any atom is -0.498 e. The van der Waals surface area contributed by atoms with Crippen molar-refractivity contribution in [2.75, 3.05) is 26.4 Å². The Kier molecular flexibility index (Phi) is 22.3. The van der Waals surface area contributed by atoms with Gasteiger partial charge in [0.2, 0.25) is 0 Å². The lowest BCUT2D eigenvalue weighted by molar-refractivity contribution is -0.151. The fourth-order valence-corrected chi connectivity index (χ4v) is 12.4. The summed E-state index contributed by atoms with van der Waals surface area (Å²) in [7, 11) is 0. The number of thioether (sulfide) groups is 1. The second-order valence-electron chi connectivity index (χ2n) is 21.6. The van der Waals surface area contributed by atoms with Crippen LogP contribution in [0.25, 0.3) is 0 Å². The zero-order valence-corrected chi connectivity index (χ0v) is 47.1. The van der Waals surface area contributed by atoms with E-state index in [1.54, 1.807) is 42.5 Å². The molecule has 8 rings (SSSR count). The molecule has 2 aliphatic heterocycles. The molecule has 0 amide bonds. The highest BCUT2D eigenvalue weighted by Crippen LogP contribution is 2.46. The third-order valence-electron chi connectivity index (χ3n) is 15.7. The fraction of sp³-hybridized carbons (Fsp3) is 0.540. The number of carbonyl (C=O) groups excluding carboxylic acids is 6. The van der Waals surface area contributed by atoms with Crippen molar-refractivity contribution >= 4 is 52.6 Å². The number of esters is 6. The molecule has 80 heavy (non-hydrogen) atoms. The van der Waals surface area contributed by atoms with E-state index in [2.05, 4.69) is 39.2 Å². The first-order valence-corrected chi connectivity index (χ1v) is 29.6. The van der Waals surface area contributed by atoms with Crippen LogP contribution in [0.15, 0.2) is 125 Å². The van der Waals surface area contributed by atoms with Crippen LogP contribution in [0.3, 0.4) is 0 Å². The van der Waals surface area contributed by atoms with Gasteiger partial charge in [-0.1, -0.05) is 48.2 Å². The molecule has 0 aromatic heterocycles. The molecule has 1 saturated heterocycles. The van der Waals surface area contributed by atoms with Crippen LogP contribution in [0.5, 0.6) is 11.5 Å². The number of benzene rings is 1. The van der Waals surface area contributed by atoms with E-state index in [-0.39, 0.29) is 53.8 Å². The first-order valence-electron chi connectivity index (χ1n) is 28.7. The largest absolute Gasteiger partial charge is 0.498 e. The molecule has 5 aliphatic carbocycles. The monoisotopic (exact) mass is 1120 g/mol. The molecular formula is C63H77NO15S. The topological polar surface area (TPSA) is 198 Å². The van der Waals surface area contributed by atoms with Gasteiger partial charge < -0.3 is 42.6 Å². The van der Waals surface area contributed by atoms with Crippen LogP contribution in [0.1, 0.15) is 136 Å². The number of allylic oxidation sites excluding steroid dienone is 8. The summed E-state index contributed by atoms with van der Waals surface area (Å²) in [6.45, 7) is 12.9. The number of ether oxygens (including phenoxy) is 9. The van der Waals surface area contributed by atoms with Gasteiger partial charge in [0.05, 0.1) is 72.3 Å². The number of carbonyl (C=O) groups is 6. The molecule has 0 spiro atoms. The Balaban J connectivity index is 0.792. The van der Waals surface area contributed by atoms with Gasteiger partial charge in [0.25, 0.3) is 0 Å². The Bertz CT molecular complexity index is 2640. The van der Waals surface area contributed by atoms with Crippen LogP contribution in [-0.4, -0.2) is 90.8 Å². The third kappa shape index (κ3) is 17.0. The first-order chi connectivity index (χ1) is 38.8. The first kappa shape index (κ1) is 59.7. The van der Waals surface area contributed by atoms with Crippen LogP contribution in [0.4, 0.5) is 0 Å². The van der Waals surface area contributed by atoms with Gasteiger partial charge >= 0.3 is 35.8 Å². The summed E-state index contributed by atoms with van der Waals surface area (Å²) in [5, 5.41) is 0.308. The lowest BCUT2D eigenvalue weighted by Gasteiger charge is -2.30. The van der Waals surface area contributed by atoms with Crippen molar-refractivity contribution in [1.29, 1.82) is 0 Å². The van der Waals surface area contributed by atoms with Gasteiger partial charge in [0.1, 0.15) is 40.9 Å². The van der Waals surface area contributed by atoms with Crippen molar-refractivity contribution in [3.05, 3.63) is 120 Å². The number of rotatable bonds is 27. The summed E-state index contributed by atoms with van der Waals surface area (Å²) in [5.41, 5.74) is 2.42. The van der Waals surface area contributed by atoms with Crippen LogP contribution in [0, 0.1) is 29.6 Å². The van der Waals surface area contributed by atoms with Gasteiger partial charge in [-0.25, -0.2) is 9.59 Å². The molecule has 0 radical (unpaired) electrons. The van der Waals surface area contributed by atoms with E-state index in [1.165, 1.54) is 17.3 Å². The van der Waals surface area contributed by atoms with Crippen molar-refractivity contribution in [2.45, 2.75) is 159 Å². The van der Waals surface area contributed by atoms with E-state index in [0.717, 1.165) is 86.3 Å². The molecule has 7 aliphatic rings. The lowest BCUT2D eigenvalue weighted by Crippen LogP contribution is -2.34. The Morgan fingerprint density at radius 2 is 1.07 bits per heavy atom. The smallest absolute Gasteiger partial charge is 0.330 e. The van der Waals surface area contributed by atoms with E-state index in [9.17, 15) is 28.8 Å². The van der Waals surface area contributed by atoms with E-state index >= 15 is 0 Å². The highest BCUT2D eigenvalue weighted by Gasteiger charge is 2.48. The predicted molar refractivity (Wildman–Crippen MR) is 300 cm³/mol. The molecular weight excluding hydrogens is 1040 g/mol. The maximum Gasteiger partial charge on any atom is 0.330 e. The fourth-order valence-electron chi connectivity index (χ4n) is 11.1. The van der Waals surface area contributed by atoms with Crippen LogP contribution < -0.4 is 9.47 Å². The van der Waals surface area contributed by atoms with Crippen molar-refractivity contribution in [3.8, 4) is 11.5 Å². The Morgan fingerprint density at radius 1 is 0.588 bits per heavy atom. The van der Waals surface area contributed by atoms with E-state index < -0.39 is 35.1 Å². The summed E-state index contributed by atoms with van der Waals surface area (Å²) in [4.78, 5) is 81.9. The second kappa shape index (κ2) is 29.8. The maximum atomic E-state index is 13.9. The molecule has 430 valence electrons. The Hall–Kier alpha value is -6.46. The van der Waals surface area contributed by atoms with Crippen LogP contribution >= 0.6 is 11.8 Å². The standard InChI is InChI=1S/C63H77NO15S/c1-5-55(65)73-35-13-9-7-11-33-71-46-23-27-48(28-24-46)75-60(67)42-15-19-44(20-16-42)62(69)78-51-31-32-52(58-57(51)64-59(80-58)54-39-50-41(4)37-40(3)38-53(50)77-54)79-63(70)45-21-17-43(18-22-45)61(68)76-49-29-25-47(26-30-49)72-34-12-8-10-14-36-74-56(66)6-2/h5-6,23-25,27-29,31-32,37-38,42-45,50,53-54,57-58H,1-2,7-22,26,30,33-36,39H2,3-4H3. The quantitative estimate of drug-likeness (QED) is 0.0265. The van der Waals surface area contributed by atoms with Gasteiger partial charge in [0.15, 0.2) is 0 Å². The molecule has 5 atom stereocenters. The molecule has 5 unspecified atom stereocenters. The summed E-state index contributed by atoms with van der Waals surface area (Å²) < 4.78 is 52.4. The van der Waals surface area contributed by atoms with Crippen LogP contribution in [0.2, 0.25) is 0 Å². The van der Waals surface area contributed by atoms with Gasteiger partial charge in [-0.2, -0.15) is 0 Å². The van der Waals surface area contributed by atoms with Gasteiger partial charge in [0, 0.05) is 30.9 Å². The number of fused-ring (bicyclic) bond motifs is 2. The average molecular weight is 1120 g/mol. The minimum absolute atomic E-state index is 0.0657. The zero-order valence-electron chi connectivity index (χ0n) is 46.3. The number of nitrogens with zero attached hydrogens (tertiary/aromatic N) is 1. The van der Waals surface area contributed by atoms with E-state index in [4.69, 9.17) is 47.6 Å². The molecule has 2 saturated carbocycles. The van der Waals surface area contributed by atoms with Crippen molar-refractivity contribution in [3.63, 3.8) is 0 Å². The van der Waals surface area contributed by atoms with Crippen molar-refractivity contribution in [1.82, 2.24) is 0 Å². The van der Waals surface area contributed by atoms with E-state index in [0.29, 0.717) is 119 Å².